The van der Waals surface area contributed by atoms with Gasteiger partial charge in [0, 0.05) is 38.3 Å². The van der Waals surface area contributed by atoms with Crippen molar-refractivity contribution in [1.82, 2.24) is 9.88 Å². The standard InChI is InChI=1S/C35H37FN4O4.C2H2/c1-4-8-23(29(5-2)43-3)11-13-38-35(42)26-20-40-28-16-21-9-6-7-10-22(15-21)17-30(28)44-34-31(40)25(33(26)41)18-27(36)32(34)39-14-12-24(37)19-39;1-2/h4,6-10,16-18,20,24H,5,11-15,19,37H2,1-3H3,(H,38,42);1-2H/b8-4-,29-23-;. The zero-order valence-electron chi connectivity index (χ0n) is 26.4. The van der Waals surface area contributed by atoms with Gasteiger partial charge in [-0.3, -0.25) is 9.59 Å². The molecule has 46 heavy (non-hydrogen) atoms. The van der Waals surface area contributed by atoms with Crippen molar-refractivity contribution in [2.45, 2.75) is 45.6 Å². The number of ether oxygens (including phenoxy) is 2. The molecule has 0 spiro atoms. The van der Waals surface area contributed by atoms with E-state index < -0.39 is 17.2 Å². The number of fused-ring (bicyclic) bond motifs is 4. The molecule has 1 unspecified atom stereocenters. The number of methoxy groups -OCH3 is 1. The molecule has 8 nitrogen and oxygen atoms in total. The third-order valence-electron chi connectivity index (χ3n) is 8.43. The van der Waals surface area contributed by atoms with E-state index in [0.717, 1.165) is 35.3 Å². The van der Waals surface area contributed by atoms with E-state index in [9.17, 15) is 9.59 Å². The third-order valence-corrected chi connectivity index (χ3v) is 8.43. The number of nitrogens with two attached hydrogens (primary N) is 1. The van der Waals surface area contributed by atoms with Crippen LogP contribution in [0.25, 0.3) is 16.6 Å². The van der Waals surface area contributed by atoms with Crippen molar-refractivity contribution in [2.24, 2.45) is 5.73 Å². The minimum Gasteiger partial charge on any atom is -0.501 e. The monoisotopic (exact) mass is 622 g/mol. The lowest BCUT2D eigenvalue weighted by Crippen LogP contribution is -2.32. The Morgan fingerprint density at radius 1 is 1.24 bits per heavy atom. The first-order chi connectivity index (χ1) is 22.3. The number of aromatic nitrogens is 1. The number of allylic oxidation sites excluding steroid dienone is 12. The van der Waals surface area contributed by atoms with Crippen LogP contribution in [0, 0.1) is 18.7 Å². The molecule has 6 rings (SSSR count). The number of pyridine rings is 1. The summed E-state index contributed by atoms with van der Waals surface area (Å²) in [7, 11) is 1.63. The van der Waals surface area contributed by atoms with E-state index in [2.05, 4.69) is 18.2 Å². The van der Waals surface area contributed by atoms with Crippen molar-refractivity contribution in [3.63, 3.8) is 0 Å². The number of amides is 1. The predicted molar refractivity (Wildman–Crippen MR) is 182 cm³/mol. The maximum absolute atomic E-state index is 16.0. The average Bonchev–Trinajstić information content (AvgIpc) is 3.24. The summed E-state index contributed by atoms with van der Waals surface area (Å²) in [6.45, 7) is 5.27. The molecule has 2 aliphatic carbocycles. The zero-order valence-corrected chi connectivity index (χ0v) is 26.4. The summed E-state index contributed by atoms with van der Waals surface area (Å²) in [5, 5.41) is 2.98. The first kappa shape index (κ1) is 32.3. The fourth-order valence-electron chi connectivity index (χ4n) is 6.35. The van der Waals surface area contributed by atoms with Gasteiger partial charge >= 0.3 is 0 Å². The summed E-state index contributed by atoms with van der Waals surface area (Å²) in [6, 6.07) is 1.14. The number of carbonyl (C=O) groups is 1. The predicted octanol–water partition coefficient (Wildman–Crippen LogP) is 5.88. The summed E-state index contributed by atoms with van der Waals surface area (Å²) in [5.41, 5.74) is 9.97. The fraction of sp³-hybridized carbons (Fsp3) is 0.297. The summed E-state index contributed by atoms with van der Waals surface area (Å²) < 4.78 is 29.8. The molecule has 1 aromatic carbocycles. The maximum atomic E-state index is 16.0. The number of nitrogens with one attached hydrogen (secondary N) is 1. The van der Waals surface area contributed by atoms with Crippen LogP contribution >= 0.6 is 0 Å². The molecular formula is C37H39FN4O4. The topological polar surface area (TPSA) is 98.8 Å². The molecule has 2 aromatic rings. The third kappa shape index (κ3) is 6.09. The number of benzene rings is 1. The Morgan fingerprint density at radius 2 is 1.98 bits per heavy atom. The second kappa shape index (κ2) is 13.9. The molecule has 9 heteroatoms. The molecule has 1 aromatic heterocycles. The van der Waals surface area contributed by atoms with E-state index in [1.807, 2.05) is 71.9 Å². The van der Waals surface area contributed by atoms with Crippen molar-refractivity contribution in [2.75, 3.05) is 31.6 Å². The molecule has 1 saturated heterocycles. The Bertz CT molecular complexity index is 1860. The van der Waals surface area contributed by atoms with Gasteiger partial charge in [0.15, 0.2) is 17.3 Å². The Labute approximate surface area is 268 Å². The zero-order chi connectivity index (χ0) is 33.0. The first-order valence-corrected chi connectivity index (χ1v) is 15.4. The lowest BCUT2D eigenvalue weighted by atomic mass is 10.0. The van der Waals surface area contributed by atoms with Gasteiger partial charge in [0.05, 0.1) is 24.0 Å². The van der Waals surface area contributed by atoms with Gasteiger partial charge in [-0.2, -0.15) is 0 Å². The van der Waals surface area contributed by atoms with E-state index in [4.69, 9.17) is 15.2 Å². The number of hydrogen-bond acceptors (Lipinski definition) is 6. The summed E-state index contributed by atoms with van der Waals surface area (Å²) in [5.74, 6) is 0.498. The molecule has 238 valence electrons. The number of nitrogens with zero attached hydrogens (tertiary/aromatic N) is 2. The van der Waals surface area contributed by atoms with E-state index in [1.54, 1.807) is 13.3 Å². The van der Waals surface area contributed by atoms with Crippen LogP contribution in [0.15, 0.2) is 93.9 Å². The van der Waals surface area contributed by atoms with Gasteiger partial charge in [-0.05, 0) is 61.1 Å². The van der Waals surface area contributed by atoms with E-state index in [-0.39, 0.29) is 28.4 Å². The van der Waals surface area contributed by atoms with Gasteiger partial charge < -0.3 is 30.0 Å². The van der Waals surface area contributed by atoms with Crippen LogP contribution in [-0.2, 0) is 4.74 Å². The highest BCUT2D eigenvalue weighted by atomic mass is 19.1. The summed E-state index contributed by atoms with van der Waals surface area (Å²) >= 11 is 0. The molecule has 2 bridgehead atoms. The van der Waals surface area contributed by atoms with E-state index in [1.165, 1.54) is 6.07 Å². The lowest BCUT2D eigenvalue weighted by Gasteiger charge is -2.30. The quantitative estimate of drug-likeness (QED) is 0.217. The van der Waals surface area contributed by atoms with Gasteiger partial charge in [0.2, 0.25) is 5.43 Å². The van der Waals surface area contributed by atoms with E-state index in [0.29, 0.717) is 49.4 Å². The Balaban J connectivity index is 0.00000204. The molecule has 1 amide bonds. The van der Waals surface area contributed by atoms with Crippen LogP contribution < -0.4 is 26.1 Å². The average molecular weight is 623 g/mol. The molecule has 4 aliphatic rings. The molecule has 0 saturated carbocycles. The Morgan fingerprint density at radius 3 is 2.63 bits per heavy atom. The van der Waals surface area contributed by atoms with Crippen LogP contribution in [0.1, 0.15) is 49.9 Å². The second-order valence-electron chi connectivity index (χ2n) is 11.4. The number of anilines is 1. The lowest BCUT2D eigenvalue weighted by molar-refractivity contribution is 0.0952. The molecule has 0 radical (unpaired) electrons. The Kier molecular flexibility index (Phi) is 9.78. The van der Waals surface area contributed by atoms with Crippen LogP contribution in [0.3, 0.4) is 0 Å². The Hall–Kier alpha value is -5.07. The number of rotatable bonds is 8. The molecule has 3 heterocycles. The van der Waals surface area contributed by atoms with Gasteiger partial charge in [-0.25, -0.2) is 4.39 Å². The first-order valence-electron chi connectivity index (χ1n) is 15.4. The highest BCUT2D eigenvalue weighted by Crippen LogP contribution is 2.46. The van der Waals surface area contributed by atoms with Crippen molar-refractivity contribution >= 4 is 28.2 Å². The van der Waals surface area contributed by atoms with Crippen LogP contribution in [0.4, 0.5) is 10.1 Å². The molecule has 1 fully saturated rings. The van der Waals surface area contributed by atoms with Crippen molar-refractivity contribution in [1.29, 1.82) is 0 Å². The SMILES string of the molecule is C#C.C/C=C\C(CCNC(=O)c1cn2c3c(c(N4CCC(N)C4)c(F)cc3c1=O)OC1=CC3=CC=CC=C(C=C12)C3)=C(/CC)OC. The van der Waals surface area contributed by atoms with Gasteiger partial charge in [-0.1, -0.05) is 43.4 Å². The van der Waals surface area contributed by atoms with Crippen molar-refractivity contribution in [3.8, 4) is 18.6 Å². The van der Waals surface area contributed by atoms with Crippen LogP contribution in [0.2, 0.25) is 0 Å². The molecule has 2 aliphatic heterocycles. The maximum Gasteiger partial charge on any atom is 0.256 e. The van der Waals surface area contributed by atoms with Crippen LogP contribution in [0.5, 0.6) is 5.75 Å². The largest absolute Gasteiger partial charge is 0.501 e. The van der Waals surface area contributed by atoms with Gasteiger partial charge in [-0.15, -0.1) is 12.8 Å². The number of terminal acetylenes is 1. The number of halogens is 1. The smallest absolute Gasteiger partial charge is 0.256 e. The van der Waals surface area contributed by atoms with Crippen molar-refractivity contribution < 1.29 is 18.7 Å². The highest BCUT2D eigenvalue weighted by Gasteiger charge is 2.34. The molecular weight excluding hydrogens is 583 g/mol. The fourth-order valence-corrected chi connectivity index (χ4v) is 6.35. The van der Waals surface area contributed by atoms with Gasteiger partial charge in [0.1, 0.15) is 16.8 Å². The van der Waals surface area contributed by atoms with Crippen LogP contribution in [-0.4, -0.2) is 43.3 Å². The van der Waals surface area contributed by atoms with E-state index >= 15 is 4.39 Å². The summed E-state index contributed by atoms with van der Waals surface area (Å²) in [6.07, 6.45) is 28.0. The van der Waals surface area contributed by atoms with Crippen molar-refractivity contribution in [3.05, 3.63) is 111 Å². The molecule has 1 atom stereocenters. The molecule has 3 N–H and O–H groups in total. The summed E-state index contributed by atoms with van der Waals surface area (Å²) in [4.78, 5) is 29.3. The number of hydrogen-bond donors (Lipinski definition) is 2. The normalized spacial score (nSPS) is 18.5. The number of carbonyl (C=O) groups excluding carboxylic acids is 1. The van der Waals surface area contributed by atoms with Gasteiger partial charge in [0.25, 0.3) is 5.91 Å². The second-order valence-corrected chi connectivity index (χ2v) is 11.4. The highest BCUT2D eigenvalue weighted by molar-refractivity contribution is 6.02. The minimum atomic E-state index is -0.586. The minimum absolute atomic E-state index is 0.0718.